The van der Waals surface area contributed by atoms with Crippen LogP contribution in [0.2, 0.25) is 0 Å². The van der Waals surface area contributed by atoms with Crippen LogP contribution in [-0.2, 0) is 10.4 Å². The highest BCUT2D eigenvalue weighted by molar-refractivity contribution is 9.10. The molecule has 1 unspecified atom stereocenters. The van der Waals surface area contributed by atoms with E-state index in [0.29, 0.717) is 4.88 Å². The lowest BCUT2D eigenvalue weighted by atomic mass is 10.0. The van der Waals surface area contributed by atoms with E-state index in [-0.39, 0.29) is 5.78 Å². The molecule has 72 valence electrons. The number of carbonyl (C=O) groups excluding carboxylic acids is 1. The van der Waals surface area contributed by atoms with Gasteiger partial charge in [0.2, 0.25) is 0 Å². The number of rotatable bonds is 2. The predicted octanol–water partition coefficient (Wildman–Crippen LogP) is 2.62. The first kappa shape index (κ1) is 10.9. The van der Waals surface area contributed by atoms with Crippen LogP contribution in [0.1, 0.15) is 23.6 Å². The molecule has 4 heteroatoms. The number of thiophene rings is 1. The van der Waals surface area contributed by atoms with Crippen LogP contribution in [-0.4, -0.2) is 10.9 Å². The molecule has 0 saturated heterocycles. The van der Waals surface area contributed by atoms with E-state index in [2.05, 4.69) is 15.9 Å². The Hall–Kier alpha value is -0.190. The summed E-state index contributed by atoms with van der Waals surface area (Å²) in [5.74, 6) is -0.235. The summed E-state index contributed by atoms with van der Waals surface area (Å²) in [7, 11) is 0. The van der Waals surface area contributed by atoms with Crippen molar-refractivity contribution < 1.29 is 9.90 Å². The molecule has 1 rings (SSSR count). The van der Waals surface area contributed by atoms with Gasteiger partial charge in [0, 0.05) is 14.2 Å². The highest BCUT2D eigenvalue weighted by Crippen LogP contribution is 2.34. The van der Waals surface area contributed by atoms with E-state index in [1.165, 1.54) is 25.2 Å². The molecule has 0 aliphatic rings. The summed E-state index contributed by atoms with van der Waals surface area (Å²) in [5, 5.41) is 9.84. The van der Waals surface area contributed by atoms with Crippen LogP contribution in [0.25, 0.3) is 0 Å². The second-order valence-electron chi connectivity index (χ2n) is 3.14. The van der Waals surface area contributed by atoms with Gasteiger partial charge in [0.15, 0.2) is 11.4 Å². The lowest BCUT2D eigenvalue weighted by Gasteiger charge is -2.17. The van der Waals surface area contributed by atoms with E-state index >= 15 is 0 Å². The molecule has 0 bridgehead atoms. The average molecular weight is 263 g/mol. The van der Waals surface area contributed by atoms with Gasteiger partial charge in [-0.25, -0.2) is 0 Å². The molecular formula is C9H11BrO2S. The third-order valence-corrected chi connectivity index (χ3v) is 4.37. The molecule has 0 fully saturated rings. The molecule has 1 atom stereocenters. The number of Topliss-reactive ketones (excluding diaryl/α,β-unsaturated/α-hetero) is 1. The summed E-state index contributed by atoms with van der Waals surface area (Å²) in [6, 6.07) is 1.79. The highest BCUT2D eigenvalue weighted by Gasteiger charge is 2.30. The predicted molar refractivity (Wildman–Crippen MR) is 57.0 cm³/mol. The molecule has 1 aromatic heterocycles. The fourth-order valence-corrected chi connectivity index (χ4v) is 2.50. The van der Waals surface area contributed by atoms with Crippen molar-refractivity contribution in [2.45, 2.75) is 26.4 Å². The lowest BCUT2D eigenvalue weighted by molar-refractivity contribution is -0.133. The Bertz CT molecular complexity index is 322. The molecule has 13 heavy (non-hydrogen) atoms. The van der Waals surface area contributed by atoms with Gasteiger partial charge in [-0.3, -0.25) is 4.79 Å². The summed E-state index contributed by atoms with van der Waals surface area (Å²) < 4.78 is 0.939. The summed E-state index contributed by atoms with van der Waals surface area (Å²) in [4.78, 5) is 12.9. The van der Waals surface area contributed by atoms with E-state index in [4.69, 9.17) is 0 Å². The quantitative estimate of drug-likeness (QED) is 0.890. The van der Waals surface area contributed by atoms with Crippen molar-refractivity contribution in [2.24, 2.45) is 0 Å². The molecule has 0 aromatic carbocycles. The Morgan fingerprint density at radius 2 is 2.23 bits per heavy atom. The van der Waals surface area contributed by atoms with Crippen LogP contribution in [0.4, 0.5) is 0 Å². The molecule has 0 spiro atoms. The maximum Gasteiger partial charge on any atom is 0.166 e. The standard InChI is InChI=1S/C9H11BrO2S/c1-5-7(10)4-8(13-5)9(3,12)6(2)11/h4,12H,1-3H3. The van der Waals surface area contributed by atoms with Crippen molar-refractivity contribution in [3.05, 3.63) is 20.3 Å². The number of ketones is 1. The van der Waals surface area contributed by atoms with Gasteiger partial charge in [-0.2, -0.15) is 0 Å². The minimum Gasteiger partial charge on any atom is -0.377 e. The van der Waals surface area contributed by atoms with Crippen LogP contribution in [0, 0.1) is 6.92 Å². The first-order chi connectivity index (χ1) is 5.85. The van der Waals surface area contributed by atoms with Crippen LogP contribution in [0.5, 0.6) is 0 Å². The van der Waals surface area contributed by atoms with E-state index < -0.39 is 5.60 Å². The van der Waals surface area contributed by atoms with Gasteiger partial charge in [0.05, 0.1) is 0 Å². The first-order valence-electron chi connectivity index (χ1n) is 3.85. The van der Waals surface area contributed by atoms with Crippen molar-refractivity contribution in [3.8, 4) is 0 Å². The number of aliphatic hydroxyl groups is 1. The molecule has 2 nitrogen and oxygen atoms in total. The molecule has 0 aliphatic carbocycles. The monoisotopic (exact) mass is 262 g/mol. The summed E-state index contributed by atoms with van der Waals surface area (Å²) in [5.41, 5.74) is -1.35. The zero-order valence-corrected chi connectivity index (χ0v) is 10.1. The van der Waals surface area contributed by atoms with Crippen LogP contribution >= 0.6 is 27.3 Å². The lowest BCUT2D eigenvalue weighted by Crippen LogP contribution is -2.28. The fourth-order valence-electron chi connectivity index (χ4n) is 0.873. The zero-order valence-electron chi connectivity index (χ0n) is 7.72. The third-order valence-electron chi connectivity index (χ3n) is 2.02. The van der Waals surface area contributed by atoms with Crippen molar-refractivity contribution >= 4 is 33.0 Å². The first-order valence-corrected chi connectivity index (χ1v) is 5.46. The van der Waals surface area contributed by atoms with Gasteiger partial charge >= 0.3 is 0 Å². The van der Waals surface area contributed by atoms with Crippen LogP contribution in [0.3, 0.4) is 0 Å². The minimum absolute atomic E-state index is 0.235. The zero-order chi connectivity index (χ0) is 10.2. The van der Waals surface area contributed by atoms with Crippen molar-refractivity contribution in [3.63, 3.8) is 0 Å². The van der Waals surface area contributed by atoms with E-state index in [9.17, 15) is 9.90 Å². The van der Waals surface area contributed by atoms with Crippen molar-refractivity contribution in [1.29, 1.82) is 0 Å². The Labute approximate surface area is 89.7 Å². The number of hydrogen-bond acceptors (Lipinski definition) is 3. The number of halogens is 1. The van der Waals surface area contributed by atoms with Gasteiger partial charge in [-0.15, -0.1) is 11.3 Å². The molecule has 1 heterocycles. The van der Waals surface area contributed by atoms with Gasteiger partial charge in [0.25, 0.3) is 0 Å². The maximum absolute atomic E-state index is 11.1. The smallest absolute Gasteiger partial charge is 0.166 e. The second-order valence-corrected chi connectivity index (χ2v) is 5.25. The Morgan fingerprint density at radius 3 is 2.54 bits per heavy atom. The molecule has 0 saturated carbocycles. The molecule has 1 N–H and O–H groups in total. The third kappa shape index (κ3) is 2.00. The molecule has 0 radical (unpaired) electrons. The Kier molecular flexibility index (Phi) is 2.95. The van der Waals surface area contributed by atoms with Crippen LogP contribution < -0.4 is 0 Å². The van der Waals surface area contributed by atoms with E-state index in [1.54, 1.807) is 6.07 Å². The number of aryl methyl sites for hydroxylation is 1. The summed E-state index contributed by atoms with van der Waals surface area (Å²) >= 11 is 4.78. The van der Waals surface area contributed by atoms with Crippen molar-refractivity contribution in [1.82, 2.24) is 0 Å². The fraction of sp³-hybridized carbons (Fsp3) is 0.444. The molecule has 0 amide bonds. The topological polar surface area (TPSA) is 37.3 Å². The van der Waals surface area contributed by atoms with Crippen molar-refractivity contribution in [2.75, 3.05) is 0 Å². The van der Waals surface area contributed by atoms with E-state index in [1.807, 2.05) is 6.92 Å². The molecule has 1 aromatic rings. The summed E-state index contributed by atoms with van der Waals surface area (Å²) in [6.45, 7) is 4.85. The Balaban J connectivity index is 3.15. The van der Waals surface area contributed by atoms with Gasteiger partial charge in [-0.1, -0.05) is 0 Å². The highest BCUT2D eigenvalue weighted by atomic mass is 79.9. The summed E-state index contributed by atoms with van der Waals surface area (Å²) in [6.07, 6.45) is 0. The van der Waals surface area contributed by atoms with Crippen LogP contribution in [0.15, 0.2) is 10.5 Å². The Morgan fingerprint density at radius 1 is 1.69 bits per heavy atom. The van der Waals surface area contributed by atoms with Gasteiger partial charge < -0.3 is 5.11 Å². The second kappa shape index (κ2) is 3.52. The largest absolute Gasteiger partial charge is 0.377 e. The molecule has 0 aliphatic heterocycles. The molecular weight excluding hydrogens is 252 g/mol. The van der Waals surface area contributed by atoms with E-state index in [0.717, 1.165) is 9.35 Å². The maximum atomic E-state index is 11.1. The number of carbonyl (C=O) groups is 1. The normalized spacial score (nSPS) is 15.5. The van der Waals surface area contributed by atoms with Gasteiger partial charge in [0.1, 0.15) is 0 Å². The number of hydrogen-bond donors (Lipinski definition) is 1. The SMILES string of the molecule is CC(=O)C(C)(O)c1cc(Br)c(C)s1. The minimum atomic E-state index is -1.35. The average Bonchev–Trinajstić information content (AvgIpc) is 2.32. The van der Waals surface area contributed by atoms with Gasteiger partial charge in [-0.05, 0) is 42.8 Å².